The monoisotopic (exact) mass is 519 g/mol. The SMILES string of the molecule is CCOc1ccc(/C(O)=C2/C(=O)C(=O)N(c3ccc(C)c(C)c3)C2c2ccc(O)c(Cl)c2)cc1C(C)C. The van der Waals surface area contributed by atoms with E-state index in [1.807, 2.05) is 46.8 Å². The van der Waals surface area contributed by atoms with Crippen LogP contribution in [-0.2, 0) is 9.59 Å². The summed E-state index contributed by atoms with van der Waals surface area (Å²) >= 11 is 6.22. The number of hydrogen-bond donors (Lipinski definition) is 2. The van der Waals surface area contributed by atoms with Crippen LogP contribution < -0.4 is 9.64 Å². The fraction of sp³-hybridized carbons (Fsp3) is 0.267. The molecule has 1 saturated heterocycles. The summed E-state index contributed by atoms with van der Waals surface area (Å²) < 4.78 is 5.74. The zero-order valence-electron chi connectivity index (χ0n) is 21.5. The first-order chi connectivity index (χ1) is 17.5. The van der Waals surface area contributed by atoms with Gasteiger partial charge in [-0.05, 0) is 91.4 Å². The van der Waals surface area contributed by atoms with Crippen LogP contribution in [0.4, 0.5) is 5.69 Å². The van der Waals surface area contributed by atoms with Gasteiger partial charge in [0.05, 0.1) is 23.2 Å². The van der Waals surface area contributed by atoms with E-state index in [-0.39, 0.29) is 28.0 Å². The molecule has 6 nitrogen and oxygen atoms in total. The lowest BCUT2D eigenvalue weighted by atomic mass is 9.93. The van der Waals surface area contributed by atoms with Gasteiger partial charge in [0.1, 0.15) is 17.3 Å². The third-order valence-corrected chi connectivity index (χ3v) is 7.01. The molecule has 3 aromatic rings. The maximum Gasteiger partial charge on any atom is 0.300 e. The van der Waals surface area contributed by atoms with Gasteiger partial charge in [-0.3, -0.25) is 14.5 Å². The molecule has 7 heteroatoms. The molecule has 0 saturated carbocycles. The first-order valence-corrected chi connectivity index (χ1v) is 12.6. The fourth-order valence-electron chi connectivity index (χ4n) is 4.57. The van der Waals surface area contributed by atoms with Gasteiger partial charge in [0.25, 0.3) is 11.7 Å². The number of Topliss-reactive ketones (excluding diaryl/α,β-unsaturated/α-hetero) is 1. The number of carbonyl (C=O) groups is 2. The van der Waals surface area contributed by atoms with Gasteiger partial charge in [-0.2, -0.15) is 0 Å². The molecule has 3 aromatic carbocycles. The number of nitrogens with zero attached hydrogens (tertiary/aromatic N) is 1. The second-order valence-corrected chi connectivity index (χ2v) is 9.90. The second-order valence-electron chi connectivity index (χ2n) is 9.49. The Bertz CT molecular complexity index is 1430. The molecule has 1 fully saturated rings. The number of rotatable bonds is 6. The number of aliphatic hydroxyl groups excluding tert-OH is 1. The lowest BCUT2D eigenvalue weighted by molar-refractivity contribution is -0.132. The maximum absolute atomic E-state index is 13.5. The number of halogens is 1. The average molecular weight is 520 g/mol. The Kier molecular flexibility index (Phi) is 7.32. The van der Waals surface area contributed by atoms with Crippen molar-refractivity contribution < 1.29 is 24.5 Å². The number of carbonyl (C=O) groups excluding carboxylic acids is 2. The summed E-state index contributed by atoms with van der Waals surface area (Å²) in [7, 11) is 0. The average Bonchev–Trinajstić information content (AvgIpc) is 3.12. The molecule has 0 spiro atoms. The highest BCUT2D eigenvalue weighted by Gasteiger charge is 2.47. The zero-order chi connectivity index (χ0) is 27.0. The standard InChI is InChI=1S/C30H30ClNO5/c1-6-37-25-12-9-20(14-22(25)16(2)3)28(34)26-27(19-8-11-24(33)23(31)15-19)32(30(36)29(26)35)21-10-7-17(4)18(5)13-21/h7-16,27,33-34H,6H2,1-5H3/b28-26-. The Balaban J connectivity index is 1.96. The van der Waals surface area contributed by atoms with Crippen LogP contribution >= 0.6 is 11.6 Å². The minimum atomic E-state index is -0.950. The predicted octanol–water partition coefficient (Wildman–Crippen LogP) is 6.81. The molecule has 1 atom stereocenters. The van der Waals surface area contributed by atoms with Gasteiger partial charge in [0.15, 0.2) is 0 Å². The summed E-state index contributed by atoms with van der Waals surface area (Å²) in [5.41, 5.74) is 4.22. The number of benzene rings is 3. The number of hydrogen-bond acceptors (Lipinski definition) is 5. The van der Waals surface area contributed by atoms with Crippen LogP contribution in [0.15, 0.2) is 60.2 Å². The lowest BCUT2D eigenvalue weighted by Crippen LogP contribution is -2.29. The van der Waals surface area contributed by atoms with Gasteiger partial charge in [-0.1, -0.05) is 37.6 Å². The smallest absolute Gasteiger partial charge is 0.300 e. The Morgan fingerprint density at radius 2 is 1.76 bits per heavy atom. The molecule has 0 bridgehead atoms. The van der Waals surface area contributed by atoms with Crippen molar-refractivity contribution in [3.05, 3.63) is 93.0 Å². The third kappa shape index (κ3) is 4.81. The molecule has 1 amide bonds. The van der Waals surface area contributed by atoms with E-state index in [4.69, 9.17) is 16.3 Å². The number of phenols is 1. The molecule has 0 radical (unpaired) electrons. The topological polar surface area (TPSA) is 87.1 Å². The van der Waals surface area contributed by atoms with Crippen molar-refractivity contribution in [3.63, 3.8) is 0 Å². The fourth-order valence-corrected chi connectivity index (χ4v) is 4.76. The first kappa shape index (κ1) is 26.3. The Morgan fingerprint density at radius 3 is 2.38 bits per heavy atom. The van der Waals surface area contributed by atoms with E-state index < -0.39 is 17.7 Å². The van der Waals surface area contributed by atoms with Crippen molar-refractivity contribution in [3.8, 4) is 11.5 Å². The van der Waals surface area contributed by atoms with Crippen LogP contribution in [0.2, 0.25) is 5.02 Å². The van der Waals surface area contributed by atoms with E-state index in [1.54, 1.807) is 30.3 Å². The van der Waals surface area contributed by atoms with Gasteiger partial charge in [-0.15, -0.1) is 0 Å². The largest absolute Gasteiger partial charge is 0.507 e. The number of aromatic hydroxyl groups is 1. The van der Waals surface area contributed by atoms with Gasteiger partial charge in [0, 0.05) is 11.3 Å². The number of aryl methyl sites for hydroxylation is 2. The highest BCUT2D eigenvalue weighted by Crippen LogP contribution is 2.44. The van der Waals surface area contributed by atoms with Crippen LogP contribution in [0.5, 0.6) is 11.5 Å². The van der Waals surface area contributed by atoms with Crippen LogP contribution in [0.25, 0.3) is 5.76 Å². The number of ether oxygens (including phenoxy) is 1. The summed E-state index contributed by atoms with van der Waals surface area (Å²) in [6, 6.07) is 14.3. The summed E-state index contributed by atoms with van der Waals surface area (Å²) in [6.45, 7) is 10.3. The molecular weight excluding hydrogens is 490 g/mol. The van der Waals surface area contributed by atoms with Gasteiger partial charge < -0.3 is 14.9 Å². The lowest BCUT2D eigenvalue weighted by Gasteiger charge is -2.26. The normalized spacial score (nSPS) is 17.1. The molecule has 192 valence electrons. The molecule has 1 unspecified atom stereocenters. The van der Waals surface area contributed by atoms with Crippen molar-refractivity contribution in [2.45, 2.75) is 46.6 Å². The molecule has 0 aromatic heterocycles. The molecule has 2 N–H and O–H groups in total. The highest BCUT2D eigenvalue weighted by atomic mass is 35.5. The van der Waals surface area contributed by atoms with E-state index in [2.05, 4.69) is 0 Å². The molecular formula is C30H30ClNO5. The number of ketones is 1. The van der Waals surface area contributed by atoms with Gasteiger partial charge in [0.2, 0.25) is 0 Å². The van der Waals surface area contributed by atoms with Gasteiger partial charge >= 0.3 is 0 Å². The maximum atomic E-state index is 13.5. The van der Waals surface area contributed by atoms with E-state index in [0.717, 1.165) is 16.7 Å². The minimum Gasteiger partial charge on any atom is -0.507 e. The zero-order valence-corrected chi connectivity index (χ0v) is 22.3. The van der Waals surface area contributed by atoms with E-state index in [0.29, 0.717) is 29.2 Å². The molecule has 1 aliphatic heterocycles. The second kappa shape index (κ2) is 10.3. The third-order valence-electron chi connectivity index (χ3n) is 6.71. The summed E-state index contributed by atoms with van der Waals surface area (Å²) in [6.07, 6.45) is 0. The van der Waals surface area contributed by atoms with E-state index >= 15 is 0 Å². The molecule has 1 aliphatic rings. The first-order valence-electron chi connectivity index (χ1n) is 12.2. The summed E-state index contributed by atoms with van der Waals surface area (Å²) in [5, 5.41) is 21.6. The number of amides is 1. The number of aliphatic hydroxyl groups is 1. The number of phenolic OH excluding ortho intramolecular Hbond substituents is 1. The Morgan fingerprint density at radius 1 is 1.03 bits per heavy atom. The van der Waals surface area contributed by atoms with Crippen molar-refractivity contribution in [2.24, 2.45) is 0 Å². The van der Waals surface area contributed by atoms with Crippen LogP contribution in [-0.4, -0.2) is 28.5 Å². The quantitative estimate of drug-likeness (QED) is 0.212. The van der Waals surface area contributed by atoms with Crippen molar-refractivity contribution in [1.29, 1.82) is 0 Å². The van der Waals surface area contributed by atoms with Crippen molar-refractivity contribution >= 4 is 34.7 Å². The van der Waals surface area contributed by atoms with Crippen molar-refractivity contribution in [2.75, 3.05) is 11.5 Å². The summed E-state index contributed by atoms with van der Waals surface area (Å²) in [4.78, 5) is 28.3. The van der Waals surface area contributed by atoms with Gasteiger partial charge in [-0.25, -0.2) is 0 Å². The molecule has 1 heterocycles. The molecule has 4 rings (SSSR count). The van der Waals surface area contributed by atoms with Crippen LogP contribution in [0.1, 0.15) is 60.5 Å². The van der Waals surface area contributed by atoms with E-state index in [9.17, 15) is 19.8 Å². The highest BCUT2D eigenvalue weighted by molar-refractivity contribution is 6.51. The van der Waals surface area contributed by atoms with Crippen molar-refractivity contribution in [1.82, 2.24) is 0 Å². The Labute approximate surface area is 221 Å². The minimum absolute atomic E-state index is 0.0520. The number of anilines is 1. The molecule has 0 aliphatic carbocycles. The molecule has 37 heavy (non-hydrogen) atoms. The van der Waals surface area contributed by atoms with Crippen LogP contribution in [0.3, 0.4) is 0 Å². The predicted molar refractivity (Wildman–Crippen MR) is 146 cm³/mol. The van der Waals surface area contributed by atoms with Crippen LogP contribution in [0, 0.1) is 13.8 Å². The summed E-state index contributed by atoms with van der Waals surface area (Å²) in [5.74, 6) is -1.17. The Hall–Kier alpha value is -3.77. The van der Waals surface area contributed by atoms with E-state index in [1.165, 1.54) is 17.0 Å².